The fourth-order valence-electron chi connectivity index (χ4n) is 2.65. The molecule has 21 heavy (non-hydrogen) atoms. The molecular weight excluding hydrogens is 270 g/mol. The van der Waals surface area contributed by atoms with Gasteiger partial charge in [0.15, 0.2) is 0 Å². The monoisotopic (exact) mass is 287 g/mol. The summed E-state index contributed by atoms with van der Waals surface area (Å²) >= 11 is 0. The molecule has 1 aromatic heterocycles. The molecule has 2 aromatic rings. The number of para-hydroxylation sites is 1. The fraction of sp³-hybridized carbons (Fsp3) is 0.333. The van der Waals surface area contributed by atoms with Crippen LogP contribution in [0, 0.1) is 0 Å². The normalized spacial score (nSPS) is 16.5. The van der Waals surface area contributed by atoms with Crippen LogP contribution < -0.4 is 21.7 Å². The Labute approximate surface area is 121 Å². The Morgan fingerprint density at radius 3 is 2.86 bits per heavy atom. The van der Waals surface area contributed by atoms with Crippen LogP contribution in [-0.2, 0) is 13.1 Å². The van der Waals surface area contributed by atoms with Crippen LogP contribution in [0.15, 0.2) is 46.1 Å². The third kappa shape index (κ3) is 2.50. The molecule has 1 aromatic carbocycles. The summed E-state index contributed by atoms with van der Waals surface area (Å²) in [4.78, 5) is 24.0. The quantitative estimate of drug-likeness (QED) is 0.868. The van der Waals surface area contributed by atoms with Crippen molar-refractivity contribution < 1.29 is 4.74 Å². The SMILES string of the molecule is NCCn1c(=O)ccn(CC2COc3ccccc32)c1=O. The van der Waals surface area contributed by atoms with Gasteiger partial charge in [-0.2, -0.15) is 0 Å². The molecule has 0 amide bonds. The second-order valence-electron chi connectivity index (χ2n) is 5.07. The van der Waals surface area contributed by atoms with Crippen molar-refractivity contribution in [1.29, 1.82) is 0 Å². The molecule has 0 radical (unpaired) electrons. The Morgan fingerprint density at radius 1 is 1.24 bits per heavy atom. The van der Waals surface area contributed by atoms with Crippen LogP contribution in [0.1, 0.15) is 11.5 Å². The van der Waals surface area contributed by atoms with Crippen molar-refractivity contribution in [2.24, 2.45) is 5.73 Å². The van der Waals surface area contributed by atoms with Crippen LogP contribution in [0.3, 0.4) is 0 Å². The zero-order valence-electron chi connectivity index (χ0n) is 11.6. The molecule has 2 heterocycles. The van der Waals surface area contributed by atoms with Gasteiger partial charge >= 0.3 is 5.69 Å². The lowest BCUT2D eigenvalue weighted by molar-refractivity contribution is 0.316. The Kier molecular flexibility index (Phi) is 3.62. The van der Waals surface area contributed by atoms with E-state index in [1.165, 1.54) is 10.6 Å². The van der Waals surface area contributed by atoms with Crippen molar-refractivity contribution >= 4 is 0 Å². The maximum absolute atomic E-state index is 12.3. The Bertz CT molecular complexity index is 763. The Hall–Kier alpha value is -2.34. The van der Waals surface area contributed by atoms with Gasteiger partial charge in [-0.25, -0.2) is 4.79 Å². The van der Waals surface area contributed by atoms with E-state index in [1.807, 2.05) is 24.3 Å². The summed E-state index contributed by atoms with van der Waals surface area (Å²) < 4.78 is 8.34. The molecule has 110 valence electrons. The van der Waals surface area contributed by atoms with Crippen LogP contribution in [0.4, 0.5) is 0 Å². The lowest BCUT2D eigenvalue weighted by Crippen LogP contribution is -2.41. The van der Waals surface area contributed by atoms with Gasteiger partial charge in [0.2, 0.25) is 0 Å². The number of nitrogens with two attached hydrogens (primary N) is 1. The minimum absolute atomic E-state index is 0.114. The molecule has 1 unspecified atom stereocenters. The van der Waals surface area contributed by atoms with Crippen LogP contribution in [0.2, 0.25) is 0 Å². The van der Waals surface area contributed by atoms with Crippen LogP contribution in [0.25, 0.3) is 0 Å². The first-order valence-electron chi connectivity index (χ1n) is 6.93. The molecule has 0 saturated carbocycles. The van der Waals surface area contributed by atoms with E-state index in [4.69, 9.17) is 10.5 Å². The summed E-state index contributed by atoms with van der Waals surface area (Å²) in [7, 11) is 0. The second-order valence-corrected chi connectivity index (χ2v) is 5.07. The van der Waals surface area contributed by atoms with E-state index in [0.29, 0.717) is 13.2 Å². The average Bonchev–Trinajstić information content (AvgIpc) is 2.90. The standard InChI is InChI=1S/C15H17N3O3/c16-6-8-18-14(19)5-7-17(15(18)20)9-11-10-21-13-4-2-1-3-12(11)13/h1-5,7,11H,6,8-10,16H2. The van der Waals surface area contributed by atoms with Gasteiger partial charge in [0.25, 0.3) is 5.56 Å². The zero-order valence-corrected chi connectivity index (χ0v) is 11.6. The number of rotatable bonds is 4. The first kappa shape index (κ1) is 13.6. The van der Waals surface area contributed by atoms with Crippen LogP contribution in [0.5, 0.6) is 5.75 Å². The summed E-state index contributed by atoms with van der Waals surface area (Å²) in [6.45, 7) is 1.52. The summed E-state index contributed by atoms with van der Waals surface area (Å²) in [6.07, 6.45) is 1.54. The third-order valence-electron chi connectivity index (χ3n) is 3.71. The molecule has 1 atom stereocenters. The predicted octanol–water partition coefficient (Wildman–Crippen LogP) is 0.145. The topological polar surface area (TPSA) is 79.2 Å². The van der Waals surface area contributed by atoms with E-state index < -0.39 is 0 Å². The molecule has 6 heteroatoms. The van der Waals surface area contributed by atoms with Gasteiger partial charge in [-0.3, -0.25) is 13.9 Å². The molecule has 0 aliphatic carbocycles. The third-order valence-corrected chi connectivity index (χ3v) is 3.71. The van der Waals surface area contributed by atoms with E-state index in [9.17, 15) is 9.59 Å². The average molecular weight is 287 g/mol. The molecule has 0 bridgehead atoms. The molecule has 2 N–H and O–H groups in total. The second kappa shape index (κ2) is 5.57. The first-order valence-corrected chi connectivity index (χ1v) is 6.93. The molecule has 1 aliphatic rings. The van der Waals surface area contributed by atoms with Gasteiger partial charge in [0.1, 0.15) is 5.75 Å². The van der Waals surface area contributed by atoms with Crippen molar-refractivity contribution in [1.82, 2.24) is 9.13 Å². The van der Waals surface area contributed by atoms with Gasteiger partial charge in [-0.15, -0.1) is 0 Å². The highest BCUT2D eigenvalue weighted by atomic mass is 16.5. The maximum Gasteiger partial charge on any atom is 0.331 e. The van der Waals surface area contributed by atoms with Crippen molar-refractivity contribution in [3.05, 3.63) is 62.9 Å². The van der Waals surface area contributed by atoms with E-state index in [1.54, 1.807) is 10.8 Å². The van der Waals surface area contributed by atoms with Gasteiger partial charge in [0.05, 0.1) is 6.61 Å². The Balaban J connectivity index is 1.92. The van der Waals surface area contributed by atoms with Crippen LogP contribution in [-0.4, -0.2) is 22.3 Å². The van der Waals surface area contributed by atoms with Gasteiger partial charge in [-0.1, -0.05) is 18.2 Å². The number of aromatic nitrogens is 2. The number of benzene rings is 1. The van der Waals surface area contributed by atoms with Crippen molar-refractivity contribution in [3.63, 3.8) is 0 Å². The fourth-order valence-corrected chi connectivity index (χ4v) is 2.65. The van der Waals surface area contributed by atoms with E-state index in [2.05, 4.69) is 0 Å². The number of ether oxygens (including phenoxy) is 1. The Morgan fingerprint density at radius 2 is 2.05 bits per heavy atom. The highest BCUT2D eigenvalue weighted by Gasteiger charge is 2.24. The smallest absolute Gasteiger partial charge is 0.331 e. The molecule has 0 spiro atoms. The van der Waals surface area contributed by atoms with Gasteiger partial charge < -0.3 is 10.5 Å². The predicted molar refractivity (Wildman–Crippen MR) is 78.7 cm³/mol. The van der Waals surface area contributed by atoms with Crippen LogP contribution >= 0.6 is 0 Å². The van der Waals surface area contributed by atoms with E-state index in [-0.39, 0.29) is 30.3 Å². The number of hydrogen-bond donors (Lipinski definition) is 1. The lowest BCUT2D eigenvalue weighted by Gasteiger charge is -2.13. The summed E-state index contributed by atoms with van der Waals surface area (Å²) in [5.74, 6) is 0.980. The number of nitrogens with zero attached hydrogens (tertiary/aromatic N) is 2. The molecule has 0 fully saturated rings. The van der Waals surface area contributed by atoms with Gasteiger partial charge in [0, 0.05) is 43.4 Å². The highest BCUT2D eigenvalue weighted by molar-refractivity contribution is 5.39. The minimum Gasteiger partial charge on any atom is -0.493 e. The highest BCUT2D eigenvalue weighted by Crippen LogP contribution is 2.33. The summed E-state index contributed by atoms with van der Waals surface area (Å²) in [5, 5.41) is 0. The van der Waals surface area contributed by atoms with Gasteiger partial charge in [-0.05, 0) is 6.07 Å². The number of fused-ring (bicyclic) bond motifs is 1. The van der Waals surface area contributed by atoms with E-state index >= 15 is 0 Å². The lowest BCUT2D eigenvalue weighted by atomic mass is 10.0. The maximum atomic E-state index is 12.3. The largest absolute Gasteiger partial charge is 0.493 e. The van der Waals surface area contributed by atoms with Crippen molar-refractivity contribution in [2.45, 2.75) is 19.0 Å². The van der Waals surface area contributed by atoms with Crippen molar-refractivity contribution in [3.8, 4) is 5.75 Å². The molecule has 1 aliphatic heterocycles. The summed E-state index contributed by atoms with van der Waals surface area (Å²) in [5.41, 5.74) is 5.91. The molecular formula is C15H17N3O3. The molecule has 3 rings (SSSR count). The molecule has 6 nitrogen and oxygen atoms in total. The van der Waals surface area contributed by atoms with E-state index in [0.717, 1.165) is 11.3 Å². The minimum atomic E-state index is -0.322. The molecule has 0 saturated heterocycles. The summed E-state index contributed by atoms with van der Waals surface area (Å²) in [6, 6.07) is 9.22. The zero-order chi connectivity index (χ0) is 14.8. The number of hydrogen-bond acceptors (Lipinski definition) is 4. The van der Waals surface area contributed by atoms with Crippen molar-refractivity contribution in [2.75, 3.05) is 13.2 Å². The first-order chi connectivity index (χ1) is 10.2.